The third kappa shape index (κ3) is 4.60. The molecule has 1 heterocycles. The lowest BCUT2D eigenvalue weighted by atomic mass is 9.83. The average molecular weight is 343 g/mol. The lowest BCUT2D eigenvalue weighted by Crippen LogP contribution is -2.46. The van der Waals surface area contributed by atoms with Crippen molar-refractivity contribution in [1.29, 1.82) is 0 Å². The van der Waals surface area contributed by atoms with Crippen LogP contribution < -0.4 is 16.4 Å². The SMILES string of the molecule is NCC(NC(=O)CCC1Cc2ccccc2NC1=O)C1CCCCC1. The number of para-hydroxylation sites is 1. The number of anilines is 1. The fourth-order valence-corrected chi connectivity index (χ4v) is 4.14. The second-order valence-corrected chi connectivity index (χ2v) is 7.39. The van der Waals surface area contributed by atoms with Gasteiger partial charge >= 0.3 is 0 Å². The fraction of sp³-hybridized carbons (Fsp3) is 0.600. The van der Waals surface area contributed by atoms with E-state index in [1.165, 1.54) is 19.3 Å². The fourth-order valence-electron chi connectivity index (χ4n) is 4.14. The van der Waals surface area contributed by atoms with E-state index in [1.807, 2.05) is 24.3 Å². The Labute approximate surface area is 149 Å². The molecule has 2 amide bonds. The quantitative estimate of drug-likeness (QED) is 0.742. The number of carbonyl (C=O) groups excluding carboxylic acids is 2. The maximum atomic E-state index is 12.4. The standard InChI is InChI=1S/C20H29N3O2/c21-13-18(14-6-2-1-3-7-14)22-19(24)11-10-16-12-15-8-4-5-9-17(15)23-20(16)25/h4-5,8-9,14,16,18H,1-3,6-7,10-13,21H2,(H,22,24)(H,23,25). The molecule has 0 bridgehead atoms. The zero-order valence-corrected chi connectivity index (χ0v) is 14.8. The molecule has 2 aliphatic rings. The summed E-state index contributed by atoms with van der Waals surface area (Å²) in [6.45, 7) is 0.494. The first-order valence-corrected chi connectivity index (χ1v) is 9.55. The Morgan fingerprint density at radius 2 is 2.00 bits per heavy atom. The van der Waals surface area contributed by atoms with E-state index in [1.54, 1.807) is 0 Å². The van der Waals surface area contributed by atoms with E-state index in [0.29, 0.717) is 31.7 Å². The molecule has 1 aliphatic heterocycles. The van der Waals surface area contributed by atoms with E-state index in [-0.39, 0.29) is 23.8 Å². The van der Waals surface area contributed by atoms with Crippen LogP contribution in [0.15, 0.2) is 24.3 Å². The van der Waals surface area contributed by atoms with Gasteiger partial charge in [-0.25, -0.2) is 0 Å². The van der Waals surface area contributed by atoms with Crippen molar-refractivity contribution < 1.29 is 9.59 Å². The van der Waals surface area contributed by atoms with Crippen molar-refractivity contribution in [3.05, 3.63) is 29.8 Å². The lowest BCUT2D eigenvalue weighted by Gasteiger charge is -2.30. The normalized spacial score (nSPS) is 22.0. The summed E-state index contributed by atoms with van der Waals surface area (Å²) in [5.41, 5.74) is 7.93. The first kappa shape index (κ1) is 17.9. The van der Waals surface area contributed by atoms with Crippen LogP contribution >= 0.6 is 0 Å². The third-order valence-electron chi connectivity index (χ3n) is 5.65. The number of nitrogens with one attached hydrogen (secondary N) is 2. The zero-order chi connectivity index (χ0) is 17.6. The van der Waals surface area contributed by atoms with Crippen LogP contribution in [0.25, 0.3) is 0 Å². The smallest absolute Gasteiger partial charge is 0.227 e. The van der Waals surface area contributed by atoms with Crippen LogP contribution in [-0.4, -0.2) is 24.4 Å². The van der Waals surface area contributed by atoms with Gasteiger partial charge in [0.05, 0.1) is 0 Å². The molecule has 1 aliphatic carbocycles. The van der Waals surface area contributed by atoms with Gasteiger partial charge in [-0.15, -0.1) is 0 Å². The van der Waals surface area contributed by atoms with E-state index in [2.05, 4.69) is 10.6 Å². The van der Waals surface area contributed by atoms with Gasteiger partial charge in [-0.05, 0) is 43.2 Å². The molecule has 1 fully saturated rings. The molecule has 0 spiro atoms. The van der Waals surface area contributed by atoms with Crippen LogP contribution in [0.1, 0.15) is 50.5 Å². The Morgan fingerprint density at radius 3 is 2.76 bits per heavy atom. The van der Waals surface area contributed by atoms with Crippen molar-refractivity contribution >= 4 is 17.5 Å². The Bertz CT molecular complexity index is 611. The summed E-state index contributed by atoms with van der Waals surface area (Å²) in [4.78, 5) is 24.6. The van der Waals surface area contributed by atoms with E-state index < -0.39 is 0 Å². The summed E-state index contributed by atoms with van der Waals surface area (Å²) in [7, 11) is 0. The Morgan fingerprint density at radius 1 is 1.24 bits per heavy atom. The molecule has 25 heavy (non-hydrogen) atoms. The van der Waals surface area contributed by atoms with Gasteiger partial charge in [-0.1, -0.05) is 37.5 Å². The summed E-state index contributed by atoms with van der Waals surface area (Å²) in [6, 6.07) is 7.94. The van der Waals surface area contributed by atoms with Crippen LogP contribution in [-0.2, 0) is 16.0 Å². The van der Waals surface area contributed by atoms with E-state index in [9.17, 15) is 9.59 Å². The number of benzene rings is 1. The van der Waals surface area contributed by atoms with Gasteiger partial charge in [0.25, 0.3) is 0 Å². The topological polar surface area (TPSA) is 84.2 Å². The molecule has 1 aromatic rings. The van der Waals surface area contributed by atoms with Crippen LogP contribution in [0, 0.1) is 11.8 Å². The number of hydrogen-bond donors (Lipinski definition) is 3. The molecule has 3 rings (SSSR count). The molecule has 5 nitrogen and oxygen atoms in total. The molecule has 4 N–H and O–H groups in total. The van der Waals surface area contributed by atoms with Gasteiger partial charge in [0.15, 0.2) is 0 Å². The first-order chi connectivity index (χ1) is 12.2. The maximum absolute atomic E-state index is 12.4. The van der Waals surface area contributed by atoms with E-state index >= 15 is 0 Å². The first-order valence-electron chi connectivity index (χ1n) is 9.55. The highest BCUT2D eigenvalue weighted by Crippen LogP contribution is 2.28. The lowest BCUT2D eigenvalue weighted by molar-refractivity contribution is -0.123. The Balaban J connectivity index is 1.49. The van der Waals surface area contributed by atoms with Gasteiger partial charge in [0.1, 0.15) is 0 Å². The molecule has 0 aromatic heterocycles. The Kier molecular flexibility index (Phi) is 6.08. The van der Waals surface area contributed by atoms with Crippen LogP contribution in [0.4, 0.5) is 5.69 Å². The predicted molar refractivity (Wildman–Crippen MR) is 99.1 cm³/mol. The van der Waals surface area contributed by atoms with Crippen molar-refractivity contribution in [3.63, 3.8) is 0 Å². The van der Waals surface area contributed by atoms with Crippen LogP contribution in [0.5, 0.6) is 0 Å². The van der Waals surface area contributed by atoms with Crippen LogP contribution in [0.2, 0.25) is 0 Å². The maximum Gasteiger partial charge on any atom is 0.227 e. The number of carbonyl (C=O) groups is 2. The third-order valence-corrected chi connectivity index (χ3v) is 5.65. The molecule has 136 valence electrons. The summed E-state index contributed by atoms with van der Waals surface area (Å²) >= 11 is 0. The van der Waals surface area contributed by atoms with Gasteiger partial charge < -0.3 is 16.4 Å². The number of fused-ring (bicyclic) bond motifs is 1. The molecule has 0 radical (unpaired) electrons. The number of amides is 2. The molecular formula is C20H29N3O2. The Hall–Kier alpha value is -1.88. The van der Waals surface area contributed by atoms with Gasteiger partial charge in [-0.2, -0.15) is 0 Å². The van der Waals surface area contributed by atoms with Gasteiger partial charge in [0, 0.05) is 30.6 Å². The van der Waals surface area contributed by atoms with Crippen molar-refractivity contribution in [3.8, 4) is 0 Å². The van der Waals surface area contributed by atoms with Crippen molar-refractivity contribution in [2.24, 2.45) is 17.6 Å². The monoisotopic (exact) mass is 343 g/mol. The van der Waals surface area contributed by atoms with Crippen molar-refractivity contribution in [2.45, 2.75) is 57.4 Å². The number of hydrogen-bond acceptors (Lipinski definition) is 3. The predicted octanol–water partition coefficient (Wildman–Crippen LogP) is 2.60. The second-order valence-electron chi connectivity index (χ2n) is 7.39. The summed E-state index contributed by atoms with van der Waals surface area (Å²) in [6.07, 6.45) is 7.74. The average Bonchev–Trinajstić information content (AvgIpc) is 2.65. The van der Waals surface area contributed by atoms with E-state index in [0.717, 1.165) is 24.1 Å². The molecule has 1 aromatic carbocycles. The van der Waals surface area contributed by atoms with Crippen molar-refractivity contribution in [1.82, 2.24) is 5.32 Å². The molecule has 5 heteroatoms. The zero-order valence-electron chi connectivity index (χ0n) is 14.8. The highest BCUT2D eigenvalue weighted by Gasteiger charge is 2.27. The highest BCUT2D eigenvalue weighted by molar-refractivity contribution is 5.96. The minimum absolute atomic E-state index is 0.0210. The summed E-state index contributed by atoms with van der Waals surface area (Å²) < 4.78 is 0. The number of rotatable bonds is 6. The van der Waals surface area contributed by atoms with Gasteiger partial charge in [-0.3, -0.25) is 9.59 Å². The van der Waals surface area contributed by atoms with E-state index in [4.69, 9.17) is 5.73 Å². The highest BCUT2D eigenvalue weighted by atomic mass is 16.2. The molecule has 2 unspecified atom stereocenters. The summed E-state index contributed by atoms with van der Waals surface area (Å²) in [5.74, 6) is 0.418. The molecule has 2 atom stereocenters. The second kappa shape index (κ2) is 8.48. The number of nitrogens with two attached hydrogens (primary N) is 1. The molecule has 1 saturated carbocycles. The largest absolute Gasteiger partial charge is 0.352 e. The minimum Gasteiger partial charge on any atom is -0.352 e. The summed E-state index contributed by atoms with van der Waals surface area (Å²) in [5, 5.41) is 6.06. The van der Waals surface area contributed by atoms with Gasteiger partial charge in [0.2, 0.25) is 11.8 Å². The molecular weight excluding hydrogens is 314 g/mol. The minimum atomic E-state index is -0.133. The van der Waals surface area contributed by atoms with Crippen LogP contribution in [0.3, 0.4) is 0 Å². The molecule has 0 saturated heterocycles. The van der Waals surface area contributed by atoms with Crippen molar-refractivity contribution in [2.75, 3.05) is 11.9 Å².